The van der Waals surface area contributed by atoms with E-state index in [1.165, 1.54) is 5.56 Å². The molecule has 0 heterocycles. The highest BCUT2D eigenvalue weighted by Gasteiger charge is 2.14. The minimum absolute atomic E-state index is 0. The number of rotatable bonds is 9. The topological polar surface area (TPSA) is 64.4 Å². The summed E-state index contributed by atoms with van der Waals surface area (Å²) in [6.07, 6.45) is 1.69. The monoisotopic (exact) mass is 348 g/mol. The molecule has 0 bridgehead atoms. The molecule has 2 rings (SSSR count). The van der Waals surface area contributed by atoms with Gasteiger partial charge in [-0.2, -0.15) is 0 Å². The molecule has 0 radical (unpaired) electrons. The maximum absolute atomic E-state index is 11.9. The van der Waals surface area contributed by atoms with Crippen molar-refractivity contribution in [1.82, 2.24) is 5.32 Å². The molecule has 0 aromatic heterocycles. The van der Waals surface area contributed by atoms with Gasteiger partial charge in [-0.25, -0.2) is 0 Å². The van der Waals surface area contributed by atoms with Crippen molar-refractivity contribution in [2.24, 2.45) is 5.73 Å². The van der Waals surface area contributed by atoms with Crippen LogP contribution >= 0.6 is 12.4 Å². The van der Waals surface area contributed by atoms with Crippen LogP contribution < -0.4 is 11.1 Å². The van der Waals surface area contributed by atoms with Gasteiger partial charge >= 0.3 is 0 Å². The Morgan fingerprint density at radius 1 is 1.00 bits per heavy atom. The zero-order valence-corrected chi connectivity index (χ0v) is 14.5. The highest BCUT2D eigenvalue weighted by Crippen LogP contribution is 2.09. The number of nitrogens with two attached hydrogens (primary N) is 1. The predicted molar refractivity (Wildman–Crippen MR) is 99.2 cm³/mol. The number of halogens is 1. The van der Waals surface area contributed by atoms with E-state index in [-0.39, 0.29) is 18.3 Å². The van der Waals surface area contributed by atoms with Crippen molar-refractivity contribution in [3.05, 3.63) is 71.8 Å². The fraction of sp³-hybridized carbons (Fsp3) is 0.316. The highest BCUT2D eigenvalue weighted by atomic mass is 35.5. The summed E-state index contributed by atoms with van der Waals surface area (Å²) in [6.45, 7) is 1.90. The Morgan fingerprint density at radius 3 is 2.29 bits per heavy atom. The first-order valence-electron chi connectivity index (χ1n) is 7.97. The van der Waals surface area contributed by atoms with Crippen LogP contribution in [0.2, 0.25) is 0 Å². The fourth-order valence-corrected chi connectivity index (χ4v) is 2.24. The molecule has 0 saturated heterocycles. The molecule has 2 aromatic carbocycles. The molecular formula is C19H25ClN2O2. The Labute approximate surface area is 149 Å². The molecule has 0 aliphatic carbocycles. The maximum atomic E-state index is 11.9. The first kappa shape index (κ1) is 20.2. The lowest BCUT2D eigenvalue weighted by Crippen LogP contribution is -2.34. The minimum Gasteiger partial charge on any atom is -0.381 e. The SMILES string of the molecule is Cl.NC(C(=O)NCCCOCCc1ccccc1)c1ccccc1. The first-order chi connectivity index (χ1) is 11.3. The maximum Gasteiger partial charge on any atom is 0.241 e. The van der Waals surface area contributed by atoms with Crippen LogP contribution in [0.5, 0.6) is 0 Å². The lowest BCUT2D eigenvalue weighted by atomic mass is 10.1. The highest BCUT2D eigenvalue weighted by molar-refractivity contribution is 5.85. The Morgan fingerprint density at radius 2 is 1.62 bits per heavy atom. The van der Waals surface area contributed by atoms with Crippen molar-refractivity contribution in [3.8, 4) is 0 Å². The third kappa shape index (κ3) is 7.13. The van der Waals surface area contributed by atoms with Crippen molar-refractivity contribution in [1.29, 1.82) is 0 Å². The molecular weight excluding hydrogens is 324 g/mol. The molecule has 130 valence electrons. The van der Waals surface area contributed by atoms with E-state index in [1.54, 1.807) is 0 Å². The summed E-state index contributed by atoms with van der Waals surface area (Å²) >= 11 is 0. The molecule has 2 aromatic rings. The smallest absolute Gasteiger partial charge is 0.241 e. The van der Waals surface area contributed by atoms with E-state index in [9.17, 15) is 4.79 Å². The van der Waals surface area contributed by atoms with Gasteiger partial charge in [0, 0.05) is 13.2 Å². The average Bonchev–Trinajstić information content (AvgIpc) is 2.61. The number of nitrogens with one attached hydrogen (secondary N) is 1. The minimum atomic E-state index is -0.616. The van der Waals surface area contributed by atoms with E-state index in [1.807, 2.05) is 48.5 Å². The zero-order valence-electron chi connectivity index (χ0n) is 13.7. The number of ether oxygens (including phenoxy) is 1. The number of carbonyl (C=O) groups excluding carboxylic acids is 1. The van der Waals surface area contributed by atoms with Gasteiger partial charge in [-0.1, -0.05) is 60.7 Å². The van der Waals surface area contributed by atoms with E-state index >= 15 is 0 Å². The molecule has 1 amide bonds. The van der Waals surface area contributed by atoms with Crippen LogP contribution in [-0.4, -0.2) is 25.7 Å². The molecule has 0 fully saturated rings. The second-order valence-electron chi connectivity index (χ2n) is 5.38. The molecule has 3 N–H and O–H groups in total. The van der Waals surface area contributed by atoms with Crippen LogP contribution in [0, 0.1) is 0 Å². The molecule has 1 atom stereocenters. The van der Waals surface area contributed by atoms with Gasteiger partial charge in [0.2, 0.25) is 5.91 Å². The first-order valence-corrected chi connectivity index (χ1v) is 7.97. The number of hydrogen-bond acceptors (Lipinski definition) is 3. The Bertz CT molecular complexity index is 578. The van der Waals surface area contributed by atoms with Gasteiger partial charge in [0.1, 0.15) is 6.04 Å². The summed E-state index contributed by atoms with van der Waals surface area (Å²) in [5, 5.41) is 2.85. The van der Waals surface area contributed by atoms with Gasteiger partial charge in [-0.3, -0.25) is 4.79 Å². The van der Waals surface area contributed by atoms with Crippen molar-refractivity contribution in [2.75, 3.05) is 19.8 Å². The van der Waals surface area contributed by atoms with Crippen LogP contribution in [0.25, 0.3) is 0 Å². The molecule has 4 nitrogen and oxygen atoms in total. The quantitative estimate of drug-likeness (QED) is 0.685. The average molecular weight is 349 g/mol. The number of amides is 1. The molecule has 0 spiro atoms. The van der Waals surface area contributed by atoms with Gasteiger partial charge in [0.15, 0.2) is 0 Å². The molecule has 0 saturated carbocycles. The van der Waals surface area contributed by atoms with Crippen LogP contribution in [0.15, 0.2) is 60.7 Å². The van der Waals surface area contributed by atoms with Crippen LogP contribution in [0.3, 0.4) is 0 Å². The number of carbonyl (C=O) groups is 1. The van der Waals surface area contributed by atoms with Gasteiger partial charge in [0.05, 0.1) is 6.61 Å². The van der Waals surface area contributed by atoms with Gasteiger partial charge < -0.3 is 15.8 Å². The third-order valence-electron chi connectivity index (χ3n) is 3.58. The lowest BCUT2D eigenvalue weighted by Gasteiger charge is -2.12. The second kappa shape index (κ2) is 11.6. The summed E-state index contributed by atoms with van der Waals surface area (Å²) in [5.41, 5.74) is 8.02. The van der Waals surface area contributed by atoms with Crippen molar-refractivity contribution in [2.45, 2.75) is 18.9 Å². The summed E-state index contributed by atoms with van der Waals surface area (Å²) in [5.74, 6) is -0.152. The Balaban J connectivity index is 0.00000288. The Hall–Kier alpha value is -1.88. The van der Waals surface area contributed by atoms with Gasteiger partial charge in [-0.05, 0) is 24.0 Å². The Kier molecular flexibility index (Phi) is 9.77. The van der Waals surface area contributed by atoms with Crippen LogP contribution in [-0.2, 0) is 16.0 Å². The van der Waals surface area contributed by atoms with E-state index < -0.39 is 6.04 Å². The zero-order chi connectivity index (χ0) is 16.3. The van der Waals surface area contributed by atoms with Crippen LogP contribution in [0.4, 0.5) is 0 Å². The molecule has 5 heteroatoms. The third-order valence-corrected chi connectivity index (χ3v) is 3.58. The van der Waals surface area contributed by atoms with Crippen molar-refractivity contribution in [3.63, 3.8) is 0 Å². The fourth-order valence-electron chi connectivity index (χ4n) is 2.24. The van der Waals surface area contributed by atoms with E-state index in [4.69, 9.17) is 10.5 Å². The summed E-state index contributed by atoms with van der Waals surface area (Å²) in [4.78, 5) is 11.9. The summed E-state index contributed by atoms with van der Waals surface area (Å²) < 4.78 is 5.58. The summed E-state index contributed by atoms with van der Waals surface area (Å²) in [7, 11) is 0. The van der Waals surface area contributed by atoms with Crippen molar-refractivity contribution >= 4 is 18.3 Å². The molecule has 1 unspecified atom stereocenters. The molecule has 0 aliphatic heterocycles. The summed E-state index contributed by atoms with van der Waals surface area (Å²) in [6, 6.07) is 19.0. The van der Waals surface area contributed by atoms with Crippen LogP contribution in [0.1, 0.15) is 23.6 Å². The number of hydrogen-bond donors (Lipinski definition) is 2. The standard InChI is InChI=1S/C19H24N2O2.ClH/c20-18(17-10-5-2-6-11-17)19(22)21-13-7-14-23-15-12-16-8-3-1-4-9-16;/h1-6,8-11,18H,7,12-15,20H2,(H,21,22);1H. The molecule has 24 heavy (non-hydrogen) atoms. The second-order valence-corrected chi connectivity index (χ2v) is 5.38. The normalized spacial score (nSPS) is 11.4. The number of benzene rings is 2. The lowest BCUT2D eigenvalue weighted by molar-refractivity contribution is -0.122. The predicted octanol–water partition coefficient (Wildman–Crippen LogP) is 2.87. The van der Waals surface area contributed by atoms with Gasteiger partial charge in [0.25, 0.3) is 0 Å². The largest absolute Gasteiger partial charge is 0.381 e. The van der Waals surface area contributed by atoms with Crippen molar-refractivity contribution < 1.29 is 9.53 Å². The van der Waals surface area contributed by atoms with E-state index in [0.29, 0.717) is 19.8 Å². The molecule has 0 aliphatic rings. The van der Waals surface area contributed by atoms with E-state index in [0.717, 1.165) is 18.4 Å². The van der Waals surface area contributed by atoms with Gasteiger partial charge in [-0.15, -0.1) is 12.4 Å². The van der Waals surface area contributed by atoms with E-state index in [2.05, 4.69) is 17.4 Å².